The van der Waals surface area contributed by atoms with E-state index in [9.17, 15) is 15.0 Å². The summed E-state index contributed by atoms with van der Waals surface area (Å²) in [6.07, 6.45) is 6.57. The summed E-state index contributed by atoms with van der Waals surface area (Å²) in [5, 5.41) is 22.4. The van der Waals surface area contributed by atoms with E-state index in [1.807, 2.05) is 6.07 Å². The smallest absolute Gasteiger partial charge is 0.197 e. The Morgan fingerprint density at radius 1 is 1.35 bits per heavy atom. The van der Waals surface area contributed by atoms with Gasteiger partial charge in [0.15, 0.2) is 23.4 Å². The van der Waals surface area contributed by atoms with E-state index in [-0.39, 0.29) is 17.6 Å². The maximum absolute atomic E-state index is 12.7. The minimum absolute atomic E-state index is 0.00953. The van der Waals surface area contributed by atoms with Crippen molar-refractivity contribution in [2.75, 3.05) is 20.1 Å². The molecule has 2 bridgehead atoms. The van der Waals surface area contributed by atoms with Crippen LogP contribution in [0.15, 0.2) is 24.3 Å². The Morgan fingerprint density at radius 2 is 2.15 bits per heavy atom. The number of likely N-dealkylation sites (tertiary alicyclic amines) is 1. The largest absolute Gasteiger partial charge is 0.504 e. The molecule has 1 saturated heterocycles. The van der Waals surface area contributed by atoms with Crippen molar-refractivity contribution in [1.82, 2.24) is 0 Å². The number of quaternary nitrogens is 1. The third kappa shape index (κ3) is 1.50. The van der Waals surface area contributed by atoms with Gasteiger partial charge in [-0.25, -0.2) is 0 Å². The second-order valence-corrected chi connectivity index (χ2v) is 9.28. The molecule has 1 saturated carbocycles. The summed E-state index contributed by atoms with van der Waals surface area (Å²) in [5.74, 6) is 1.15. The predicted molar refractivity (Wildman–Crippen MR) is 94.0 cm³/mol. The van der Waals surface area contributed by atoms with Crippen molar-refractivity contribution in [2.45, 2.75) is 48.8 Å². The van der Waals surface area contributed by atoms with Gasteiger partial charge in [-0.1, -0.05) is 6.07 Å². The van der Waals surface area contributed by atoms with E-state index in [1.54, 1.807) is 12.1 Å². The summed E-state index contributed by atoms with van der Waals surface area (Å²) in [6, 6.07) is 3.64. The average Bonchev–Trinajstić information content (AvgIpc) is 3.32. The predicted octanol–water partition coefficient (Wildman–Crippen LogP) is 1.45. The summed E-state index contributed by atoms with van der Waals surface area (Å²) >= 11 is 0. The molecule has 3 aliphatic carbocycles. The zero-order chi connectivity index (χ0) is 17.9. The Kier molecular flexibility index (Phi) is 2.54. The molecule has 1 unspecified atom stereocenters. The lowest BCUT2D eigenvalue weighted by atomic mass is 9.50. The Morgan fingerprint density at radius 3 is 2.92 bits per heavy atom. The third-order valence-corrected chi connectivity index (χ3v) is 7.89. The number of ketones is 1. The minimum atomic E-state index is -1.11. The van der Waals surface area contributed by atoms with Crippen molar-refractivity contribution in [3.63, 3.8) is 0 Å². The standard InChI is InChI=1S/C21H23NO4/c1-22(11-12-2-3-12)9-8-20-17-13-4-5-14(23)18(17)26-19(20)15(24)6-7-21(20,25)16(22)10-13/h4-7,12,16,19,25H,2-3,8-11H2,1H3/p+1/t16-,19+,20+,21-,22?/m1/s1. The number of hydrogen-bond donors (Lipinski definition) is 2. The lowest BCUT2D eigenvalue weighted by Crippen LogP contribution is -2.79. The summed E-state index contributed by atoms with van der Waals surface area (Å²) in [6.45, 7) is 2.02. The summed E-state index contributed by atoms with van der Waals surface area (Å²) in [5.41, 5.74) is 0.140. The summed E-state index contributed by atoms with van der Waals surface area (Å²) in [4.78, 5) is 12.7. The van der Waals surface area contributed by atoms with E-state index in [0.717, 1.165) is 41.0 Å². The fraction of sp³-hybridized carbons (Fsp3) is 0.571. The third-order valence-electron chi connectivity index (χ3n) is 7.89. The average molecular weight is 354 g/mol. The molecule has 136 valence electrons. The van der Waals surface area contributed by atoms with Crippen LogP contribution in [0.3, 0.4) is 0 Å². The first-order valence-corrected chi connectivity index (χ1v) is 9.71. The topological polar surface area (TPSA) is 66.8 Å². The number of phenolic OH excluding ortho intramolecular Hbond substituents is 1. The van der Waals surface area contributed by atoms with Crippen LogP contribution in [-0.4, -0.2) is 58.4 Å². The number of piperidine rings is 1. The number of carbonyl (C=O) groups excluding carboxylic acids is 1. The first-order chi connectivity index (χ1) is 12.4. The van der Waals surface area contributed by atoms with Crippen LogP contribution in [0.4, 0.5) is 0 Å². The van der Waals surface area contributed by atoms with Gasteiger partial charge in [-0.2, -0.15) is 0 Å². The molecule has 5 nitrogen and oxygen atoms in total. The molecule has 1 aromatic carbocycles. The second kappa shape index (κ2) is 4.34. The van der Waals surface area contributed by atoms with Crippen molar-refractivity contribution in [3.8, 4) is 11.5 Å². The van der Waals surface area contributed by atoms with Gasteiger partial charge >= 0.3 is 0 Å². The van der Waals surface area contributed by atoms with Crippen molar-refractivity contribution in [2.24, 2.45) is 5.92 Å². The van der Waals surface area contributed by atoms with Gasteiger partial charge in [-0.3, -0.25) is 4.79 Å². The SMILES string of the molecule is C[N+]1(CC2CC2)CC[C@]23c4c5ccc(O)c4O[C@H]2C(=O)C=C[C@@]3(O)[C@H]1C5. The maximum Gasteiger partial charge on any atom is 0.197 e. The minimum Gasteiger partial charge on any atom is -0.504 e. The lowest BCUT2D eigenvalue weighted by Gasteiger charge is -2.62. The Labute approximate surface area is 152 Å². The van der Waals surface area contributed by atoms with Crippen LogP contribution in [0, 0.1) is 5.92 Å². The van der Waals surface area contributed by atoms with Gasteiger partial charge in [0.2, 0.25) is 0 Å². The number of aliphatic hydroxyl groups is 1. The van der Waals surface area contributed by atoms with Crippen LogP contribution in [0.5, 0.6) is 11.5 Å². The number of benzene rings is 1. The van der Waals surface area contributed by atoms with Gasteiger partial charge in [0, 0.05) is 24.3 Å². The quantitative estimate of drug-likeness (QED) is 0.789. The first kappa shape index (κ1) is 15.2. The molecule has 5 atom stereocenters. The molecule has 5 heteroatoms. The number of rotatable bonds is 2. The van der Waals surface area contributed by atoms with E-state index in [2.05, 4.69) is 7.05 Å². The molecule has 0 radical (unpaired) electrons. The molecule has 2 N–H and O–H groups in total. The number of aromatic hydroxyl groups is 1. The number of likely N-dealkylation sites (N-methyl/N-ethyl adjacent to an activating group) is 1. The molecule has 0 amide bonds. The van der Waals surface area contributed by atoms with Crippen molar-refractivity contribution in [1.29, 1.82) is 0 Å². The molecular weight excluding hydrogens is 330 g/mol. The Balaban J connectivity index is 1.63. The fourth-order valence-electron chi connectivity index (χ4n) is 6.52. The van der Waals surface area contributed by atoms with Gasteiger partial charge < -0.3 is 19.4 Å². The molecule has 26 heavy (non-hydrogen) atoms. The molecule has 2 heterocycles. The zero-order valence-electron chi connectivity index (χ0n) is 14.9. The van der Waals surface area contributed by atoms with Crippen LogP contribution in [0.2, 0.25) is 0 Å². The lowest BCUT2D eigenvalue weighted by molar-refractivity contribution is -0.949. The van der Waals surface area contributed by atoms with E-state index >= 15 is 0 Å². The second-order valence-electron chi connectivity index (χ2n) is 9.28. The van der Waals surface area contributed by atoms with Crippen LogP contribution < -0.4 is 4.74 Å². The van der Waals surface area contributed by atoms with Crippen LogP contribution >= 0.6 is 0 Å². The highest BCUT2D eigenvalue weighted by atomic mass is 16.5. The number of nitrogens with zero attached hydrogens (tertiary/aromatic N) is 1. The molecule has 1 aromatic rings. The molecule has 1 spiro atoms. The van der Waals surface area contributed by atoms with Crippen LogP contribution in [0.25, 0.3) is 0 Å². The van der Waals surface area contributed by atoms with E-state index < -0.39 is 17.1 Å². The van der Waals surface area contributed by atoms with E-state index in [0.29, 0.717) is 12.2 Å². The van der Waals surface area contributed by atoms with Gasteiger partial charge in [-0.05, 0) is 36.6 Å². The monoisotopic (exact) mass is 354 g/mol. The number of carbonyl (C=O) groups is 1. The molecule has 5 aliphatic rings. The first-order valence-electron chi connectivity index (χ1n) is 9.71. The highest BCUT2D eigenvalue weighted by Crippen LogP contribution is 2.64. The maximum atomic E-state index is 12.7. The van der Waals surface area contributed by atoms with Crippen molar-refractivity contribution in [3.05, 3.63) is 35.4 Å². The molecule has 0 aromatic heterocycles. The highest BCUT2D eigenvalue weighted by Gasteiger charge is 2.75. The Bertz CT molecular complexity index is 890. The number of ether oxygens (including phenoxy) is 1. The highest BCUT2D eigenvalue weighted by molar-refractivity contribution is 5.98. The van der Waals surface area contributed by atoms with Crippen molar-refractivity contribution >= 4 is 5.78 Å². The number of phenols is 1. The normalized spacial score (nSPS) is 44.6. The van der Waals surface area contributed by atoms with Gasteiger partial charge in [0.25, 0.3) is 0 Å². The molecule has 2 fully saturated rings. The van der Waals surface area contributed by atoms with Crippen molar-refractivity contribution < 1.29 is 24.2 Å². The molecule has 2 aliphatic heterocycles. The molecule has 6 rings (SSSR count). The molecular formula is C21H24NO4+. The van der Waals surface area contributed by atoms with Crippen LogP contribution in [-0.2, 0) is 16.6 Å². The van der Waals surface area contributed by atoms with E-state index in [4.69, 9.17) is 4.74 Å². The Hall–Kier alpha value is -1.85. The number of hydrogen-bond acceptors (Lipinski definition) is 4. The van der Waals surface area contributed by atoms with Gasteiger partial charge in [-0.15, -0.1) is 0 Å². The summed E-state index contributed by atoms with van der Waals surface area (Å²) < 4.78 is 6.88. The van der Waals surface area contributed by atoms with Crippen LogP contribution in [0.1, 0.15) is 30.4 Å². The summed E-state index contributed by atoms with van der Waals surface area (Å²) in [7, 11) is 2.27. The van der Waals surface area contributed by atoms with Gasteiger partial charge in [0.05, 0.1) is 25.6 Å². The van der Waals surface area contributed by atoms with Gasteiger partial charge in [0.1, 0.15) is 11.6 Å². The zero-order valence-corrected chi connectivity index (χ0v) is 14.9. The fourth-order valence-corrected chi connectivity index (χ4v) is 6.52. The van der Waals surface area contributed by atoms with E-state index in [1.165, 1.54) is 18.9 Å².